The molecule has 10 heteroatoms. The summed E-state index contributed by atoms with van der Waals surface area (Å²) >= 11 is 0.299. The molecule has 4 rings (SSSR count). The van der Waals surface area contributed by atoms with Gasteiger partial charge in [-0.05, 0) is 18.2 Å². The van der Waals surface area contributed by atoms with Gasteiger partial charge in [-0.2, -0.15) is 8.78 Å². The number of amides is 4. The molecular weight excluding hydrogens is 416 g/mol. The lowest BCUT2D eigenvalue weighted by Crippen LogP contribution is -2.48. The normalized spacial score (nSPS) is 20.2. The minimum Gasteiger partial charge on any atom is -0.493 e. The molecule has 2 heterocycles. The first kappa shape index (κ1) is 20.1. The number of hydrogen-bond acceptors (Lipinski definition) is 5. The van der Waals surface area contributed by atoms with Crippen LogP contribution in [-0.2, 0) is 15.1 Å². The van der Waals surface area contributed by atoms with Gasteiger partial charge in [0.05, 0.1) is 12.3 Å². The second-order valence-electron chi connectivity index (χ2n) is 6.74. The summed E-state index contributed by atoms with van der Waals surface area (Å²) < 4.78 is 31.0. The molecule has 156 valence electrons. The summed E-state index contributed by atoms with van der Waals surface area (Å²) in [5, 5.41) is 5.21. The highest BCUT2D eigenvalue weighted by atomic mass is 32.2. The van der Waals surface area contributed by atoms with Gasteiger partial charge >= 0.3 is 6.03 Å². The van der Waals surface area contributed by atoms with Crippen LogP contribution < -0.4 is 15.4 Å². The monoisotopic (exact) mass is 433 g/mol. The van der Waals surface area contributed by atoms with E-state index in [4.69, 9.17) is 4.74 Å². The van der Waals surface area contributed by atoms with Crippen molar-refractivity contribution in [2.45, 2.75) is 22.6 Å². The number of para-hydroxylation sites is 2. The summed E-state index contributed by atoms with van der Waals surface area (Å²) in [6, 6.07) is 12.3. The fraction of sp³-hybridized carbons (Fsp3) is 0.250. The van der Waals surface area contributed by atoms with Crippen molar-refractivity contribution in [3.63, 3.8) is 0 Å². The van der Waals surface area contributed by atoms with E-state index in [1.54, 1.807) is 36.4 Å². The number of hydrogen-bond donors (Lipinski definition) is 2. The zero-order chi connectivity index (χ0) is 21.3. The summed E-state index contributed by atoms with van der Waals surface area (Å²) in [7, 11) is 0. The van der Waals surface area contributed by atoms with Gasteiger partial charge in [0.2, 0.25) is 5.91 Å². The maximum atomic E-state index is 13.2. The highest BCUT2D eigenvalue weighted by Crippen LogP contribution is 2.41. The number of imide groups is 1. The van der Waals surface area contributed by atoms with Crippen LogP contribution in [0.15, 0.2) is 53.4 Å². The van der Waals surface area contributed by atoms with Crippen molar-refractivity contribution in [3.8, 4) is 5.75 Å². The molecule has 7 nitrogen and oxygen atoms in total. The molecule has 0 aromatic heterocycles. The number of carbonyl (C=O) groups is 3. The van der Waals surface area contributed by atoms with E-state index < -0.39 is 35.7 Å². The summed E-state index contributed by atoms with van der Waals surface area (Å²) in [6.07, 6.45) is 0.237. The number of alkyl halides is 2. The Bertz CT molecular complexity index is 1020. The number of halogens is 2. The molecule has 30 heavy (non-hydrogen) atoms. The third-order valence-electron chi connectivity index (χ3n) is 4.94. The van der Waals surface area contributed by atoms with Crippen LogP contribution in [-0.4, -0.2) is 41.7 Å². The maximum Gasteiger partial charge on any atom is 0.325 e. The topological polar surface area (TPSA) is 87.7 Å². The SMILES string of the molecule is O=C(CN1C(=O)NC2(CCOc3ccccc32)C1=O)Nc1ccccc1SC(F)F. The van der Waals surface area contributed by atoms with Crippen molar-refractivity contribution in [2.24, 2.45) is 0 Å². The van der Waals surface area contributed by atoms with Crippen LogP contribution in [0.3, 0.4) is 0 Å². The molecule has 2 aromatic carbocycles. The molecule has 1 unspecified atom stereocenters. The summed E-state index contributed by atoms with van der Waals surface area (Å²) in [5.41, 5.74) is -0.558. The first-order valence-electron chi connectivity index (χ1n) is 9.11. The second-order valence-corrected chi connectivity index (χ2v) is 7.78. The average Bonchev–Trinajstić information content (AvgIpc) is 2.94. The lowest BCUT2D eigenvalue weighted by molar-refractivity contribution is -0.135. The molecule has 0 radical (unpaired) electrons. The highest BCUT2D eigenvalue weighted by Gasteiger charge is 2.55. The summed E-state index contributed by atoms with van der Waals surface area (Å²) in [4.78, 5) is 39.2. The number of ether oxygens (including phenoxy) is 1. The smallest absolute Gasteiger partial charge is 0.325 e. The Morgan fingerprint density at radius 3 is 2.73 bits per heavy atom. The summed E-state index contributed by atoms with van der Waals surface area (Å²) in [6.45, 7) is -0.301. The van der Waals surface area contributed by atoms with E-state index in [1.165, 1.54) is 12.1 Å². The molecule has 2 aliphatic heterocycles. The minimum atomic E-state index is -2.65. The Morgan fingerprint density at radius 1 is 1.20 bits per heavy atom. The van der Waals surface area contributed by atoms with E-state index in [1.807, 2.05) is 0 Å². The number of carbonyl (C=O) groups excluding carboxylic acids is 3. The summed E-state index contributed by atoms with van der Waals surface area (Å²) in [5.74, 6) is -3.36. The van der Waals surface area contributed by atoms with E-state index >= 15 is 0 Å². The average molecular weight is 433 g/mol. The Balaban J connectivity index is 1.52. The molecule has 4 amide bonds. The van der Waals surface area contributed by atoms with Crippen LogP contribution in [0.5, 0.6) is 5.75 Å². The molecular formula is C20H17F2N3O4S. The Hall–Kier alpha value is -3.14. The van der Waals surface area contributed by atoms with Gasteiger partial charge in [0, 0.05) is 16.9 Å². The molecule has 0 aliphatic carbocycles. The predicted molar refractivity (Wildman–Crippen MR) is 105 cm³/mol. The Kier molecular flexibility index (Phi) is 5.33. The van der Waals surface area contributed by atoms with Crippen LogP contribution in [0.4, 0.5) is 19.3 Å². The highest BCUT2D eigenvalue weighted by molar-refractivity contribution is 7.99. The molecule has 1 spiro atoms. The van der Waals surface area contributed by atoms with Crippen molar-refractivity contribution in [3.05, 3.63) is 54.1 Å². The van der Waals surface area contributed by atoms with E-state index in [2.05, 4.69) is 10.6 Å². The first-order valence-corrected chi connectivity index (χ1v) is 9.99. The Morgan fingerprint density at radius 2 is 1.93 bits per heavy atom. The van der Waals surface area contributed by atoms with Crippen LogP contribution in [0.1, 0.15) is 12.0 Å². The molecule has 2 N–H and O–H groups in total. The standard InChI is InChI=1S/C20H17F2N3O4S/c21-18(22)30-15-8-4-2-6-13(15)23-16(26)11-25-17(27)20(24-19(25)28)9-10-29-14-7-3-1-5-12(14)20/h1-8,18H,9-11H2,(H,23,26)(H,24,28). The van der Waals surface area contributed by atoms with E-state index in [0.29, 0.717) is 23.1 Å². The van der Waals surface area contributed by atoms with Crippen molar-refractivity contribution >= 4 is 35.3 Å². The number of rotatable bonds is 5. The van der Waals surface area contributed by atoms with E-state index in [0.717, 1.165) is 4.90 Å². The van der Waals surface area contributed by atoms with Gasteiger partial charge in [0.25, 0.3) is 11.7 Å². The predicted octanol–water partition coefficient (Wildman–Crippen LogP) is 3.17. The number of benzene rings is 2. The fourth-order valence-electron chi connectivity index (χ4n) is 3.62. The molecule has 2 aliphatic rings. The van der Waals surface area contributed by atoms with Crippen LogP contribution >= 0.6 is 11.8 Å². The number of thioether (sulfide) groups is 1. The van der Waals surface area contributed by atoms with Gasteiger partial charge < -0.3 is 15.4 Å². The van der Waals surface area contributed by atoms with Gasteiger partial charge in [-0.15, -0.1) is 0 Å². The lowest BCUT2D eigenvalue weighted by atomic mass is 9.84. The van der Waals surface area contributed by atoms with Crippen molar-refractivity contribution in [1.29, 1.82) is 0 Å². The van der Waals surface area contributed by atoms with Crippen molar-refractivity contribution in [1.82, 2.24) is 10.2 Å². The number of fused-ring (bicyclic) bond motifs is 2. The Labute approximate surface area is 174 Å². The fourth-order valence-corrected chi connectivity index (χ4v) is 4.21. The van der Waals surface area contributed by atoms with Gasteiger partial charge in [-0.3, -0.25) is 14.5 Å². The molecule has 1 atom stereocenters. The van der Waals surface area contributed by atoms with E-state index in [-0.39, 0.29) is 23.6 Å². The number of nitrogens with one attached hydrogen (secondary N) is 2. The second kappa shape index (κ2) is 7.94. The maximum absolute atomic E-state index is 13.2. The molecule has 2 aromatic rings. The third kappa shape index (κ3) is 3.58. The van der Waals surface area contributed by atoms with Crippen molar-refractivity contribution < 1.29 is 27.9 Å². The first-order chi connectivity index (χ1) is 14.4. The molecule has 0 saturated carbocycles. The van der Waals surface area contributed by atoms with Crippen molar-refractivity contribution in [2.75, 3.05) is 18.5 Å². The molecule has 1 fully saturated rings. The zero-order valence-corrected chi connectivity index (χ0v) is 16.4. The van der Waals surface area contributed by atoms with E-state index in [9.17, 15) is 23.2 Å². The number of nitrogens with zero attached hydrogens (tertiary/aromatic N) is 1. The van der Waals surface area contributed by atoms with Crippen LogP contribution in [0, 0.1) is 0 Å². The van der Waals surface area contributed by atoms with Gasteiger partial charge in [-0.25, -0.2) is 4.79 Å². The lowest BCUT2D eigenvalue weighted by Gasteiger charge is -2.33. The van der Waals surface area contributed by atoms with Crippen LogP contribution in [0.2, 0.25) is 0 Å². The number of urea groups is 1. The largest absolute Gasteiger partial charge is 0.493 e. The van der Waals surface area contributed by atoms with Gasteiger partial charge in [0.1, 0.15) is 12.3 Å². The van der Waals surface area contributed by atoms with Gasteiger partial charge in [-0.1, -0.05) is 42.1 Å². The third-order valence-corrected chi connectivity index (χ3v) is 5.72. The zero-order valence-electron chi connectivity index (χ0n) is 15.6. The van der Waals surface area contributed by atoms with Crippen LogP contribution in [0.25, 0.3) is 0 Å². The minimum absolute atomic E-state index is 0.186. The quantitative estimate of drug-likeness (QED) is 0.559. The molecule has 1 saturated heterocycles. The van der Waals surface area contributed by atoms with Gasteiger partial charge in [0.15, 0.2) is 5.54 Å². The molecule has 0 bridgehead atoms. The number of anilines is 1.